The first kappa shape index (κ1) is 15.5. The summed E-state index contributed by atoms with van der Waals surface area (Å²) in [5.74, 6) is 0. The van der Waals surface area contributed by atoms with Crippen molar-refractivity contribution in [1.29, 1.82) is 0 Å². The zero-order valence-electron chi connectivity index (χ0n) is 10.5. The van der Waals surface area contributed by atoms with Crippen LogP contribution in [0.3, 0.4) is 0 Å². The average molecular weight is 270 g/mol. The summed E-state index contributed by atoms with van der Waals surface area (Å²) in [6.07, 6.45) is -0.820. The van der Waals surface area contributed by atoms with E-state index in [0.29, 0.717) is 18.7 Å². The van der Waals surface area contributed by atoms with Crippen LogP contribution < -0.4 is 0 Å². The largest absolute Gasteiger partial charge is 0.395 e. The van der Waals surface area contributed by atoms with Crippen molar-refractivity contribution in [3.8, 4) is 0 Å². The summed E-state index contributed by atoms with van der Waals surface area (Å²) in [6.45, 7) is 0.827. The van der Waals surface area contributed by atoms with Gasteiger partial charge in [0.2, 0.25) is 0 Å². The first-order valence-electron chi connectivity index (χ1n) is 5.95. The predicted molar refractivity (Wildman–Crippen MR) is 68.7 cm³/mol. The zero-order valence-corrected chi connectivity index (χ0v) is 10.5. The summed E-state index contributed by atoms with van der Waals surface area (Å²) in [5, 5.41) is 38.2. The Bertz CT molecular complexity index is 390. The molecule has 0 heterocycles. The lowest BCUT2D eigenvalue weighted by Crippen LogP contribution is -2.33. The lowest BCUT2D eigenvalue weighted by Gasteiger charge is -2.23. The van der Waals surface area contributed by atoms with Crippen LogP contribution in [-0.2, 0) is 0 Å². The van der Waals surface area contributed by atoms with E-state index in [1.807, 2.05) is 0 Å². The SMILES string of the molecule is O=[N+]([O-])c1ccc(C(O)CN(CCO)CCO)cc1. The van der Waals surface area contributed by atoms with Gasteiger partial charge in [0, 0.05) is 31.8 Å². The Labute approximate surface area is 110 Å². The normalized spacial score (nSPS) is 12.6. The molecule has 0 saturated carbocycles. The molecule has 106 valence electrons. The van der Waals surface area contributed by atoms with Crippen molar-refractivity contribution in [1.82, 2.24) is 4.90 Å². The van der Waals surface area contributed by atoms with E-state index >= 15 is 0 Å². The van der Waals surface area contributed by atoms with Crippen LogP contribution in [0, 0.1) is 10.1 Å². The number of hydrogen-bond acceptors (Lipinski definition) is 6. The highest BCUT2D eigenvalue weighted by Crippen LogP contribution is 2.18. The Hall–Kier alpha value is -1.54. The van der Waals surface area contributed by atoms with Gasteiger partial charge >= 0.3 is 0 Å². The van der Waals surface area contributed by atoms with E-state index in [1.54, 1.807) is 4.90 Å². The molecule has 19 heavy (non-hydrogen) atoms. The number of aliphatic hydroxyl groups is 3. The fourth-order valence-electron chi connectivity index (χ4n) is 1.75. The second-order valence-electron chi connectivity index (χ2n) is 4.11. The van der Waals surface area contributed by atoms with Crippen LogP contribution in [0.2, 0.25) is 0 Å². The Kier molecular flexibility index (Phi) is 6.37. The molecule has 3 N–H and O–H groups in total. The van der Waals surface area contributed by atoms with E-state index in [2.05, 4.69) is 0 Å². The molecule has 0 aliphatic heterocycles. The Morgan fingerprint density at radius 1 is 1.16 bits per heavy atom. The molecular formula is C12H18N2O5. The van der Waals surface area contributed by atoms with Crippen molar-refractivity contribution < 1.29 is 20.2 Å². The van der Waals surface area contributed by atoms with Crippen molar-refractivity contribution in [2.75, 3.05) is 32.8 Å². The molecule has 0 aliphatic rings. The number of nitro benzene ring substituents is 1. The molecule has 1 aromatic carbocycles. The summed E-state index contributed by atoms with van der Waals surface area (Å²) >= 11 is 0. The molecule has 0 radical (unpaired) electrons. The maximum absolute atomic E-state index is 10.5. The minimum atomic E-state index is -0.820. The summed E-state index contributed by atoms with van der Waals surface area (Å²) in [4.78, 5) is 11.7. The Morgan fingerprint density at radius 3 is 2.11 bits per heavy atom. The topological polar surface area (TPSA) is 107 Å². The molecular weight excluding hydrogens is 252 g/mol. The standard InChI is InChI=1S/C12H18N2O5/c15-7-5-13(6-8-16)9-12(17)10-1-3-11(4-2-10)14(18)19/h1-4,12,15-17H,5-9H2. The van der Waals surface area contributed by atoms with Crippen molar-refractivity contribution >= 4 is 5.69 Å². The molecule has 0 aliphatic carbocycles. The van der Waals surface area contributed by atoms with E-state index in [1.165, 1.54) is 24.3 Å². The average Bonchev–Trinajstić information content (AvgIpc) is 2.39. The third-order valence-electron chi connectivity index (χ3n) is 2.75. The van der Waals surface area contributed by atoms with Gasteiger partial charge in [-0.15, -0.1) is 0 Å². The Balaban J connectivity index is 2.65. The summed E-state index contributed by atoms with van der Waals surface area (Å²) in [6, 6.07) is 5.67. The van der Waals surface area contributed by atoms with E-state index in [0.717, 1.165) is 0 Å². The van der Waals surface area contributed by atoms with E-state index < -0.39 is 11.0 Å². The predicted octanol–water partition coefficient (Wildman–Crippen LogP) is -0.0852. The fourth-order valence-corrected chi connectivity index (χ4v) is 1.75. The lowest BCUT2D eigenvalue weighted by molar-refractivity contribution is -0.384. The third kappa shape index (κ3) is 4.92. The van der Waals surface area contributed by atoms with Crippen LogP contribution in [0.4, 0.5) is 5.69 Å². The molecule has 0 amide bonds. The number of rotatable bonds is 8. The maximum atomic E-state index is 10.5. The molecule has 1 atom stereocenters. The van der Waals surface area contributed by atoms with Gasteiger partial charge in [0.1, 0.15) is 0 Å². The summed E-state index contributed by atoms with van der Waals surface area (Å²) < 4.78 is 0. The van der Waals surface area contributed by atoms with Crippen LogP contribution in [0.1, 0.15) is 11.7 Å². The zero-order chi connectivity index (χ0) is 14.3. The van der Waals surface area contributed by atoms with Gasteiger partial charge < -0.3 is 15.3 Å². The van der Waals surface area contributed by atoms with Crippen LogP contribution in [0.15, 0.2) is 24.3 Å². The van der Waals surface area contributed by atoms with Gasteiger partial charge in [0.15, 0.2) is 0 Å². The molecule has 1 unspecified atom stereocenters. The highest BCUT2D eigenvalue weighted by molar-refractivity contribution is 5.33. The highest BCUT2D eigenvalue weighted by Gasteiger charge is 2.14. The van der Waals surface area contributed by atoms with Gasteiger partial charge in [-0.25, -0.2) is 0 Å². The number of non-ortho nitro benzene ring substituents is 1. The van der Waals surface area contributed by atoms with Gasteiger partial charge in [-0.3, -0.25) is 15.0 Å². The quantitative estimate of drug-likeness (QED) is 0.450. The molecule has 7 nitrogen and oxygen atoms in total. The molecule has 1 rings (SSSR count). The minimum absolute atomic E-state index is 0.0291. The number of nitrogens with zero attached hydrogens (tertiary/aromatic N) is 2. The van der Waals surface area contributed by atoms with Gasteiger partial charge in [-0.1, -0.05) is 0 Å². The van der Waals surface area contributed by atoms with Crippen LogP contribution in [0.5, 0.6) is 0 Å². The molecule has 0 saturated heterocycles. The van der Waals surface area contributed by atoms with E-state index in [4.69, 9.17) is 10.2 Å². The first-order chi connectivity index (χ1) is 9.08. The molecule has 7 heteroatoms. The highest BCUT2D eigenvalue weighted by atomic mass is 16.6. The first-order valence-corrected chi connectivity index (χ1v) is 5.95. The van der Waals surface area contributed by atoms with Crippen molar-refractivity contribution in [2.45, 2.75) is 6.10 Å². The minimum Gasteiger partial charge on any atom is -0.395 e. The van der Waals surface area contributed by atoms with E-state index in [9.17, 15) is 15.2 Å². The van der Waals surface area contributed by atoms with Crippen molar-refractivity contribution in [2.24, 2.45) is 0 Å². The number of nitro groups is 1. The molecule has 1 aromatic rings. The van der Waals surface area contributed by atoms with Gasteiger partial charge in [0.25, 0.3) is 5.69 Å². The number of aliphatic hydroxyl groups excluding tert-OH is 3. The van der Waals surface area contributed by atoms with Crippen LogP contribution >= 0.6 is 0 Å². The third-order valence-corrected chi connectivity index (χ3v) is 2.75. The molecule has 0 fully saturated rings. The van der Waals surface area contributed by atoms with Crippen LogP contribution in [-0.4, -0.2) is 58.0 Å². The smallest absolute Gasteiger partial charge is 0.269 e. The van der Waals surface area contributed by atoms with E-state index in [-0.39, 0.29) is 25.4 Å². The second kappa shape index (κ2) is 7.80. The van der Waals surface area contributed by atoms with Gasteiger partial charge in [-0.05, 0) is 17.7 Å². The number of benzene rings is 1. The second-order valence-corrected chi connectivity index (χ2v) is 4.11. The lowest BCUT2D eigenvalue weighted by atomic mass is 10.1. The molecule has 0 aromatic heterocycles. The maximum Gasteiger partial charge on any atom is 0.269 e. The Morgan fingerprint density at radius 2 is 1.68 bits per heavy atom. The monoisotopic (exact) mass is 270 g/mol. The van der Waals surface area contributed by atoms with Crippen LogP contribution in [0.25, 0.3) is 0 Å². The molecule has 0 spiro atoms. The fraction of sp³-hybridized carbons (Fsp3) is 0.500. The van der Waals surface area contributed by atoms with Crippen molar-refractivity contribution in [3.05, 3.63) is 39.9 Å². The molecule has 0 bridgehead atoms. The summed E-state index contributed by atoms with van der Waals surface area (Å²) in [5.41, 5.74) is 0.532. The van der Waals surface area contributed by atoms with Gasteiger partial charge in [-0.2, -0.15) is 0 Å². The summed E-state index contributed by atoms with van der Waals surface area (Å²) in [7, 11) is 0. The number of hydrogen-bond donors (Lipinski definition) is 3. The van der Waals surface area contributed by atoms with Gasteiger partial charge in [0.05, 0.1) is 24.2 Å². The van der Waals surface area contributed by atoms with Crippen molar-refractivity contribution in [3.63, 3.8) is 0 Å².